The Morgan fingerprint density at radius 1 is 0.439 bits per heavy atom. The minimum atomic E-state index is 0.189. The molecular weight excluding hydrogens is 817 g/mol. The Morgan fingerprint density at radius 3 is 1.08 bits per heavy atom. The van der Waals surface area contributed by atoms with Gasteiger partial charge in [0.15, 0.2) is 34.5 Å². The first-order chi connectivity index (χ1) is 32.4. The van der Waals surface area contributed by atoms with E-state index in [2.05, 4.69) is 52.5 Å². The van der Waals surface area contributed by atoms with Gasteiger partial charge < -0.3 is 28.9 Å². The quantitative estimate of drug-likeness (QED) is 0.105. The first kappa shape index (κ1) is 41.1. The van der Waals surface area contributed by atoms with E-state index in [1.807, 2.05) is 146 Å². The van der Waals surface area contributed by atoms with Gasteiger partial charge in [-0.05, 0) is 121 Å². The van der Waals surface area contributed by atoms with Gasteiger partial charge in [-0.25, -0.2) is 4.85 Å². The fraction of sp³-hybridized carbons (Fsp3) is 0.105. The monoisotopic (exact) mass is 858 g/mol. The summed E-state index contributed by atoms with van der Waals surface area (Å²) in [5, 5.41) is 21.9. The lowest BCUT2D eigenvalue weighted by molar-refractivity contribution is 0.473. The van der Waals surface area contributed by atoms with Gasteiger partial charge in [0, 0.05) is 25.2 Å². The molecule has 9 heteroatoms. The van der Waals surface area contributed by atoms with Gasteiger partial charge in [-0.2, -0.15) is 10.5 Å². The van der Waals surface area contributed by atoms with Crippen LogP contribution >= 0.6 is 0 Å². The highest BCUT2D eigenvalue weighted by atomic mass is 16.5. The van der Waals surface area contributed by atoms with Crippen LogP contribution in [0.15, 0.2) is 127 Å². The zero-order valence-corrected chi connectivity index (χ0v) is 36.6. The molecule has 318 valence electrons. The summed E-state index contributed by atoms with van der Waals surface area (Å²) in [5.41, 5.74) is 10.1. The van der Waals surface area contributed by atoms with Crippen molar-refractivity contribution < 1.29 is 14.2 Å². The number of nitrogens with zero attached hydrogens (tertiary/aromatic N) is 6. The van der Waals surface area contributed by atoms with Crippen LogP contribution in [0.5, 0.6) is 34.5 Å². The molecule has 3 heterocycles. The van der Waals surface area contributed by atoms with Crippen molar-refractivity contribution in [3.8, 4) is 46.6 Å². The molecule has 0 aromatic heterocycles. The summed E-state index contributed by atoms with van der Waals surface area (Å²) in [4.78, 5) is 10.7. The third-order valence-electron chi connectivity index (χ3n) is 12.2. The van der Waals surface area contributed by atoms with Gasteiger partial charge in [0.25, 0.3) is 0 Å². The Kier molecular flexibility index (Phi) is 10.8. The molecule has 0 unspecified atom stereocenters. The summed E-state index contributed by atoms with van der Waals surface area (Å²) in [5.74, 6) is 4.42. The maximum Gasteiger partial charge on any atom is 0.204 e. The molecule has 0 amide bonds. The number of rotatable bonds is 9. The molecule has 0 spiro atoms. The van der Waals surface area contributed by atoms with Crippen LogP contribution in [0.25, 0.3) is 41.3 Å². The van der Waals surface area contributed by atoms with Crippen LogP contribution in [0.2, 0.25) is 0 Å². The van der Waals surface area contributed by atoms with Gasteiger partial charge >= 0.3 is 0 Å². The molecule has 0 aliphatic carbocycles. The third kappa shape index (κ3) is 7.14. The maximum atomic E-state index is 11.0. The van der Waals surface area contributed by atoms with Crippen LogP contribution in [0, 0.1) is 29.2 Å². The molecular formula is C57H42N6O3. The third-order valence-corrected chi connectivity index (χ3v) is 12.2. The zero-order chi connectivity index (χ0) is 45.3. The second-order valence-corrected chi connectivity index (χ2v) is 15.8. The van der Waals surface area contributed by atoms with Crippen molar-refractivity contribution in [2.24, 2.45) is 0 Å². The summed E-state index contributed by atoms with van der Waals surface area (Å²) >= 11 is 0. The SMILES string of the molecule is [C-]#[N+]c1c(C=Cc2ccc3c(c2)Oc2ccccc2N3CC)c(C#N)c(C=Cc2ccc3c(c2)Oc2ccccc2N3CC)c(C#N)c1C=Cc1ccc2c(c1)Oc1ccccc1N2CC. The molecule has 66 heavy (non-hydrogen) atoms. The summed E-state index contributed by atoms with van der Waals surface area (Å²) in [6.45, 7) is 17.1. The maximum absolute atomic E-state index is 11.0. The van der Waals surface area contributed by atoms with E-state index in [0.29, 0.717) is 33.9 Å². The molecule has 0 fully saturated rings. The van der Waals surface area contributed by atoms with E-state index in [4.69, 9.17) is 20.8 Å². The highest BCUT2D eigenvalue weighted by molar-refractivity contribution is 5.96. The summed E-state index contributed by atoms with van der Waals surface area (Å²) in [6.07, 6.45) is 11.0. The lowest BCUT2D eigenvalue weighted by atomic mass is 9.88. The highest BCUT2D eigenvalue weighted by Gasteiger charge is 2.27. The number of fused-ring (bicyclic) bond motifs is 6. The number of benzene rings is 7. The van der Waals surface area contributed by atoms with Gasteiger partial charge in [-0.1, -0.05) is 91.1 Å². The predicted molar refractivity (Wildman–Crippen MR) is 266 cm³/mol. The van der Waals surface area contributed by atoms with E-state index >= 15 is 0 Å². The summed E-state index contributed by atoms with van der Waals surface area (Å²) < 4.78 is 19.1. The van der Waals surface area contributed by atoms with Crippen molar-refractivity contribution in [1.29, 1.82) is 10.5 Å². The Hall–Kier alpha value is -8.97. The average Bonchev–Trinajstić information content (AvgIpc) is 3.36. The molecule has 3 aliphatic heterocycles. The van der Waals surface area contributed by atoms with Crippen LogP contribution in [-0.4, -0.2) is 19.6 Å². The molecule has 9 nitrogen and oxygen atoms in total. The number of hydrogen-bond donors (Lipinski definition) is 0. The first-order valence-electron chi connectivity index (χ1n) is 22.0. The van der Waals surface area contributed by atoms with Gasteiger partial charge in [0.05, 0.1) is 64.0 Å². The van der Waals surface area contributed by atoms with Crippen molar-refractivity contribution >= 4 is 76.3 Å². The van der Waals surface area contributed by atoms with Crippen molar-refractivity contribution in [1.82, 2.24) is 0 Å². The predicted octanol–water partition coefficient (Wildman–Crippen LogP) is 15.3. The van der Waals surface area contributed by atoms with Crippen molar-refractivity contribution in [2.45, 2.75) is 20.8 Å². The van der Waals surface area contributed by atoms with Crippen LogP contribution in [0.3, 0.4) is 0 Å². The van der Waals surface area contributed by atoms with Gasteiger partial charge in [-0.15, -0.1) is 0 Å². The van der Waals surface area contributed by atoms with Crippen LogP contribution < -0.4 is 28.9 Å². The smallest absolute Gasteiger partial charge is 0.204 e. The van der Waals surface area contributed by atoms with E-state index in [1.165, 1.54) is 0 Å². The van der Waals surface area contributed by atoms with Gasteiger partial charge in [-0.3, -0.25) is 0 Å². The number of hydrogen-bond acceptors (Lipinski definition) is 8. The molecule has 7 aromatic carbocycles. The highest BCUT2D eigenvalue weighted by Crippen LogP contribution is 2.50. The average molecular weight is 859 g/mol. The van der Waals surface area contributed by atoms with E-state index in [1.54, 1.807) is 18.2 Å². The number of ether oxygens (including phenoxy) is 3. The normalized spacial score (nSPS) is 13.0. The second kappa shape index (κ2) is 17.3. The van der Waals surface area contributed by atoms with Crippen molar-refractivity contribution in [2.75, 3.05) is 34.3 Å². The Morgan fingerprint density at radius 2 is 0.758 bits per heavy atom. The molecule has 0 N–H and O–H groups in total. The Labute approximate surface area is 384 Å². The first-order valence-corrected chi connectivity index (χ1v) is 22.0. The molecule has 0 atom stereocenters. The number of anilines is 6. The molecule has 0 bridgehead atoms. The molecule has 0 radical (unpaired) electrons. The number of nitriles is 2. The fourth-order valence-corrected chi connectivity index (χ4v) is 9.07. The van der Waals surface area contributed by atoms with Crippen LogP contribution in [0.1, 0.15) is 65.3 Å². The molecule has 0 saturated heterocycles. The molecule has 10 rings (SSSR count). The zero-order valence-electron chi connectivity index (χ0n) is 36.6. The standard InChI is InChI=1S/C57H42N6O3/c1-5-61-45-14-8-11-17-51(45)64-54-32-37(23-29-48(54)61)20-26-40-43(35-58)41(27-21-38-24-30-49-55(33-38)65-52-18-12-9-15-46(52)62(49)6-2)57(60-4)42(44(40)36-59)28-22-39-25-31-50-56(34-39)66-53-19-13-10-16-47(53)63(50)7-3/h8-34H,5-7H2,1-3H3. The van der Waals surface area contributed by atoms with Crippen LogP contribution in [0.4, 0.5) is 39.8 Å². The lowest BCUT2D eigenvalue weighted by Crippen LogP contribution is -2.20. The lowest BCUT2D eigenvalue weighted by Gasteiger charge is -2.32. The molecule has 7 aromatic rings. The van der Waals surface area contributed by atoms with Gasteiger partial charge in [0.2, 0.25) is 5.69 Å². The van der Waals surface area contributed by atoms with E-state index < -0.39 is 0 Å². The summed E-state index contributed by atoms with van der Waals surface area (Å²) in [6, 6.07) is 46.6. The Bertz CT molecular complexity index is 2960. The number of para-hydroxylation sites is 6. The largest absolute Gasteiger partial charge is 0.453 e. The summed E-state index contributed by atoms with van der Waals surface area (Å²) in [7, 11) is 0. The van der Waals surface area contributed by atoms with Crippen molar-refractivity contribution in [3.05, 3.63) is 183 Å². The second-order valence-electron chi connectivity index (χ2n) is 15.8. The topological polar surface area (TPSA) is 89.3 Å². The van der Waals surface area contributed by atoms with Crippen molar-refractivity contribution in [3.63, 3.8) is 0 Å². The fourth-order valence-electron chi connectivity index (χ4n) is 9.07. The van der Waals surface area contributed by atoms with Crippen LogP contribution in [-0.2, 0) is 0 Å². The minimum absolute atomic E-state index is 0.189. The van der Waals surface area contributed by atoms with E-state index in [-0.39, 0.29) is 16.8 Å². The molecule has 0 saturated carbocycles. The van der Waals surface area contributed by atoms with E-state index in [9.17, 15) is 10.5 Å². The molecule has 3 aliphatic rings. The Balaban J connectivity index is 1.08. The van der Waals surface area contributed by atoms with E-state index in [0.717, 1.165) is 87.7 Å². The van der Waals surface area contributed by atoms with Gasteiger partial charge in [0.1, 0.15) is 0 Å². The minimum Gasteiger partial charge on any atom is -0.453 e.